The van der Waals surface area contributed by atoms with Gasteiger partial charge in [-0.05, 0) is 28.1 Å². The molecule has 3 rings (SSSR count). The van der Waals surface area contributed by atoms with E-state index in [0.29, 0.717) is 10.1 Å². The van der Waals surface area contributed by atoms with E-state index in [4.69, 9.17) is 4.74 Å². The summed E-state index contributed by atoms with van der Waals surface area (Å²) in [5.74, 6) is -1.01. The van der Waals surface area contributed by atoms with Crippen LogP contribution in [-0.4, -0.2) is 32.3 Å². The Morgan fingerprint density at radius 2 is 2.20 bits per heavy atom. The summed E-state index contributed by atoms with van der Waals surface area (Å²) in [7, 11) is 2.96. The van der Waals surface area contributed by atoms with E-state index in [9.17, 15) is 14.0 Å². The van der Waals surface area contributed by atoms with Gasteiger partial charge in [-0.15, -0.1) is 0 Å². The van der Waals surface area contributed by atoms with Crippen molar-refractivity contribution in [2.75, 3.05) is 12.4 Å². The molecule has 0 fully saturated rings. The number of carbonyl (C=O) groups is 1. The van der Waals surface area contributed by atoms with E-state index in [1.807, 2.05) is 0 Å². The minimum Gasteiger partial charge on any atom is -0.494 e. The number of nitrogens with zero attached hydrogens (tertiary/aromatic N) is 4. The molecular weight excluding hydrogens is 397 g/mol. The molecule has 0 aliphatic heterocycles. The van der Waals surface area contributed by atoms with Crippen molar-refractivity contribution in [2.45, 2.75) is 6.54 Å². The zero-order valence-electron chi connectivity index (χ0n) is 13.3. The van der Waals surface area contributed by atoms with E-state index < -0.39 is 17.3 Å². The predicted octanol–water partition coefficient (Wildman–Crippen LogP) is 1.68. The molecule has 0 saturated carbocycles. The number of hydrogen-bond donors (Lipinski definition) is 1. The zero-order chi connectivity index (χ0) is 18.1. The number of aromatic nitrogens is 4. The maximum absolute atomic E-state index is 13.7. The van der Waals surface area contributed by atoms with E-state index in [2.05, 4.69) is 31.3 Å². The number of nitrogens with one attached hydrogen (secondary N) is 1. The van der Waals surface area contributed by atoms with E-state index in [-0.39, 0.29) is 23.5 Å². The first-order chi connectivity index (χ1) is 11.9. The number of fused-ring (bicyclic) bond motifs is 1. The summed E-state index contributed by atoms with van der Waals surface area (Å²) in [5.41, 5.74) is 0.550. The fraction of sp³-hybridized carbons (Fsp3) is 0.200. The van der Waals surface area contributed by atoms with Crippen molar-refractivity contribution in [3.63, 3.8) is 0 Å². The molecule has 2 heterocycles. The van der Waals surface area contributed by atoms with Crippen LogP contribution in [0.5, 0.6) is 5.75 Å². The Balaban J connectivity index is 1.83. The fourth-order valence-corrected chi connectivity index (χ4v) is 2.89. The van der Waals surface area contributed by atoms with E-state index >= 15 is 0 Å². The second-order valence-electron chi connectivity index (χ2n) is 5.19. The number of ether oxygens (including phenoxy) is 1. The Hall–Kier alpha value is -2.75. The maximum atomic E-state index is 13.7. The summed E-state index contributed by atoms with van der Waals surface area (Å²) in [6.45, 7) is -0.266. The van der Waals surface area contributed by atoms with Crippen LogP contribution in [0.3, 0.4) is 0 Å². The van der Waals surface area contributed by atoms with Gasteiger partial charge in [-0.2, -0.15) is 5.10 Å². The second-order valence-corrected chi connectivity index (χ2v) is 5.94. The lowest BCUT2D eigenvalue weighted by Gasteiger charge is -2.09. The molecule has 130 valence electrons. The smallest absolute Gasteiger partial charge is 0.280 e. The Labute approximate surface area is 149 Å². The van der Waals surface area contributed by atoms with Crippen LogP contribution < -0.4 is 15.6 Å². The minimum atomic E-state index is -0.597. The van der Waals surface area contributed by atoms with Crippen molar-refractivity contribution in [1.82, 2.24) is 19.3 Å². The SMILES string of the molecule is COc1ccc(NC(=O)Cn2cnc3c(Br)nn(C)c3c2=O)cc1F. The number of anilines is 1. The number of hydrogen-bond acceptors (Lipinski definition) is 5. The van der Waals surface area contributed by atoms with Crippen molar-refractivity contribution >= 4 is 38.6 Å². The molecule has 0 radical (unpaired) electrons. The van der Waals surface area contributed by atoms with Crippen molar-refractivity contribution in [1.29, 1.82) is 0 Å². The zero-order valence-corrected chi connectivity index (χ0v) is 14.9. The fourth-order valence-electron chi connectivity index (χ4n) is 2.36. The number of rotatable bonds is 4. The lowest BCUT2D eigenvalue weighted by atomic mass is 10.3. The number of halogens is 2. The standard InChI is InChI=1S/C15H13BrFN5O3/c1-21-13-12(14(16)20-21)18-7-22(15(13)24)6-11(23)19-8-3-4-10(25-2)9(17)5-8/h3-5,7H,6H2,1-2H3,(H,19,23). The molecular formula is C15H13BrFN5O3. The Bertz CT molecular complexity index is 1030. The van der Waals surface area contributed by atoms with Crippen LogP contribution in [0.15, 0.2) is 33.9 Å². The molecule has 1 aromatic carbocycles. The van der Waals surface area contributed by atoms with Gasteiger partial charge in [-0.25, -0.2) is 9.37 Å². The summed E-state index contributed by atoms with van der Waals surface area (Å²) >= 11 is 3.22. The average Bonchev–Trinajstić information content (AvgIpc) is 2.85. The minimum absolute atomic E-state index is 0.0747. The normalized spacial score (nSPS) is 10.9. The van der Waals surface area contributed by atoms with Crippen LogP contribution in [0.4, 0.5) is 10.1 Å². The molecule has 3 aromatic rings. The highest BCUT2D eigenvalue weighted by molar-refractivity contribution is 9.10. The number of methoxy groups -OCH3 is 1. The maximum Gasteiger partial charge on any atom is 0.280 e. The lowest BCUT2D eigenvalue weighted by Crippen LogP contribution is -2.28. The number of benzene rings is 1. The summed E-state index contributed by atoms with van der Waals surface area (Å²) in [5, 5.41) is 6.59. The lowest BCUT2D eigenvalue weighted by molar-refractivity contribution is -0.116. The summed E-state index contributed by atoms with van der Waals surface area (Å²) in [4.78, 5) is 28.8. The second kappa shape index (κ2) is 6.63. The van der Waals surface area contributed by atoms with E-state index in [1.165, 1.54) is 30.3 Å². The van der Waals surface area contributed by atoms with Crippen LogP contribution in [0, 0.1) is 5.82 Å². The average molecular weight is 410 g/mol. The molecule has 0 bridgehead atoms. The predicted molar refractivity (Wildman–Crippen MR) is 92.1 cm³/mol. The van der Waals surface area contributed by atoms with Crippen molar-refractivity contribution in [2.24, 2.45) is 7.05 Å². The molecule has 25 heavy (non-hydrogen) atoms. The van der Waals surface area contributed by atoms with Gasteiger partial charge in [0.05, 0.1) is 13.4 Å². The van der Waals surface area contributed by atoms with Gasteiger partial charge in [-0.3, -0.25) is 18.8 Å². The van der Waals surface area contributed by atoms with Crippen LogP contribution in [0.1, 0.15) is 0 Å². The van der Waals surface area contributed by atoms with Crippen LogP contribution >= 0.6 is 15.9 Å². The third kappa shape index (κ3) is 3.25. The topological polar surface area (TPSA) is 91.0 Å². The van der Waals surface area contributed by atoms with E-state index in [0.717, 1.165) is 10.6 Å². The molecule has 0 aliphatic rings. The van der Waals surface area contributed by atoms with Gasteiger partial charge in [0.1, 0.15) is 12.1 Å². The molecule has 10 heteroatoms. The van der Waals surface area contributed by atoms with Crippen molar-refractivity contribution in [3.05, 3.63) is 45.3 Å². The monoisotopic (exact) mass is 409 g/mol. The molecule has 0 atom stereocenters. The van der Waals surface area contributed by atoms with Crippen LogP contribution in [0.25, 0.3) is 11.0 Å². The Morgan fingerprint density at radius 1 is 1.44 bits per heavy atom. The van der Waals surface area contributed by atoms with Gasteiger partial charge in [0.2, 0.25) is 5.91 Å². The number of carbonyl (C=O) groups excluding carboxylic acids is 1. The molecule has 2 aromatic heterocycles. The third-order valence-electron chi connectivity index (χ3n) is 3.52. The summed E-state index contributed by atoms with van der Waals surface area (Å²) < 4.78 is 21.5. The summed E-state index contributed by atoms with van der Waals surface area (Å²) in [6.07, 6.45) is 1.27. The first-order valence-electron chi connectivity index (χ1n) is 7.11. The summed E-state index contributed by atoms with van der Waals surface area (Å²) in [6, 6.07) is 4.04. The highest BCUT2D eigenvalue weighted by Crippen LogP contribution is 2.20. The molecule has 1 amide bonds. The van der Waals surface area contributed by atoms with Crippen molar-refractivity contribution < 1.29 is 13.9 Å². The highest BCUT2D eigenvalue weighted by atomic mass is 79.9. The van der Waals surface area contributed by atoms with Gasteiger partial charge in [0, 0.05) is 18.8 Å². The van der Waals surface area contributed by atoms with Gasteiger partial charge in [0.25, 0.3) is 5.56 Å². The molecule has 0 aliphatic carbocycles. The van der Waals surface area contributed by atoms with Gasteiger partial charge in [-0.1, -0.05) is 0 Å². The van der Waals surface area contributed by atoms with E-state index in [1.54, 1.807) is 7.05 Å². The number of amides is 1. The van der Waals surface area contributed by atoms with Gasteiger partial charge < -0.3 is 10.1 Å². The molecule has 0 unspecified atom stereocenters. The van der Waals surface area contributed by atoms with Gasteiger partial charge >= 0.3 is 0 Å². The Morgan fingerprint density at radius 3 is 2.88 bits per heavy atom. The third-order valence-corrected chi connectivity index (χ3v) is 4.05. The highest BCUT2D eigenvalue weighted by Gasteiger charge is 2.15. The Kier molecular flexibility index (Phi) is 4.53. The molecule has 8 nitrogen and oxygen atoms in total. The van der Waals surface area contributed by atoms with Gasteiger partial charge in [0.15, 0.2) is 21.7 Å². The largest absolute Gasteiger partial charge is 0.494 e. The van der Waals surface area contributed by atoms with Crippen LogP contribution in [-0.2, 0) is 18.4 Å². The van der Waals surface area contributed by atoms with Crippen molar-refractivity contribution in [3.8, 4) is 5.75 Å². The van der Waals surface area contributed by atoms with Crippen LogP contribution in [0.2, 0.25) is 0 Å². The first kappa shape index (κ1) is 17.1. The number of aryl methyl sites for hydroxylation is 1. The quantitative estimate of drug-likeness (QED) is 0.707. The molecule has 0 saturated heterocycles. The molecule has 0 spiro atoms. The molecule has 1 N–H and O–H groups in total. The first-order valence-corrected chi connectivity index (χ1v) is 7.91.